The molecule has 0 spiro atoms. The van der Waals surface area contributed by atoms with Gasteiger partial charge in [-0.15, -0.1) is 0 Å². The van der Waals surface area contributed by atoms with E-state index in [-0.39, 0.29) is 17.7 Å². The summed E-state index contributed by atoms with van der Waals surface area (Å²) in [6, 6.07) is 11.5. The van der Waals surface area contributed by atoms with Gasteiger partial charge in [-0.3, -0.25) is 19.3 Å². The fourth-order valence-corrected chi connectivity index (χ4v) is 3.18. The molecule has 2 heterocycles. The first-order chi connectivity index (χ1) is 13.5. The Balaban J connectivity index is 1.35. The molecule has 2 aromatic rings. The molecule has 3 amide bonds. The van der Waals surface area contributed by atoms with Gasteiger partial charge in [0.1, 0.15) is 19.8 Å². The van der Waals surface area contributed by atoms with Gasteiger partial charge in [0.2, 0.25) is 5.91 Å². The van der Waals surface area contributed by atoms with Crippen LogP contribution in [-0.2, 0) is 4.79 Å². The molecular formula is C20H18N2O6. The maximum Gasteiger partial charge on any atom is 0.262 e. The summed E-state index contributed by atoms with van der Waals surface area (Å²) in [7, 11) is 0. The van der Waals surface area contributed by atoms with Crippen LogP contribution in [0.5, 0.6) is 11.5 Å². The first-order valence-electron chi connectivity index (χ1n) is 8.84. The van der Waals surface area contributed by atoms with Gasteiger partial charge in [-0.2, -0.15) is 0 Å². The number of amides is 3. The number of ether oxygens (including phenoxy) is 2. The van der Waals surface area contributed by atoms with Gasteiger partial charge in [0.25, 0.3) is 11.8 Å². The highest BCUT2D eigenvalue weighted by atomic mass is 16.6. The van der Waals surface area contributed by atoms with Crippen LogP contribution >= 0.6 is 0 Å². The van der Waals surface area contributed by atoms with Gasteiger partial charge in [-0.25, -0.2) is 0 Å². The van der Waals surface area contributed by atoms with Gasteiger partial charge in [-0.05, 0) is 29.8 Å². The maximum atomic E-state index is 12.3. The number of aliphatic hydroxyl groups excluding tert-OH is 1. The van der Waals surface area contributed by atoms with Crippen LogP contribution in [0.2, 0.25) is 0 Å². The summed E-state index contributed by atoms with van der Waals surface area (Å²) in [5.41, 5.74) is 1.14. The number of carbonyl (C=O) groups is 3. The van der Waals surface area contributed by atoms with Crippen LogP contribution in [0.1, 0.15) is 32.4 Å². The van der Waals surface area contributed by atoms with Crippen molar-refractivity contribution in [3.8, 4) is 11.5 Å². The molecule has 1 unspecified atom stereocenters. The van der Waals surface area contributed by atoms with Crippen LogP contribution in [0.4, 0.5) is 0 Å². The van der Waals surface area contributed by atoms with Gasteiger partial charge < -0.3 is 19.9 Å². The van der Waals surface area contributed by atoms with E-state index in [9.17, 15) is 19.5 Å². The quantitative estimate of drug-likeness (QED) is 0.745. The van der Waals surface area contributed by atoms with Crippen LogP contribution in [0.15, 0.2) is 42.5 Å². The van der Waals surface area contributed by atoms with Crippen LogP contribution in [0.25, 0.3) is 0 Å². The molecule has 28 heavy (non-hydrogen) atoms. The van der Waals surface area contributed by atoms with E-state index in [0.29, 0.717) is 30.3 Å². The Morgan fingerprint density at radius 2 is 1.68 bits per heavy atom. The van der Waals surface area contributed by atoms with Crippen molar-refractivity contribution in [3.05, 3.63) is 59.2 Å². The first-order valence-corrected chi connectivity index (χ1v) is 8.84. The third kappa shape index (κ3) is 3.29. The van der Waals surface area contributed by atoms with Crippen LogP contribution in [0, 0.1) is 0 Å². The predicted octanol–water partition coefficient (Wildman–Crippen LogP) is 0.904. The van der Waals surface area contributed by atoms with Crippen molar-refractivity contribution >= 4 is 17.7 Å². The number of benzene rings is 2. The third-order valence-electron chi connectivity index (χ3n) is 4.62. The number of imide groups is 1. The molecule has 2 N–H and O–H groups in total. The van der Waals surface area contributed by atoms with E-state index in [1.54, 1.807) is 42.5 Å². The summed E-state index contributed by atoms with van der Waals surface area (Å²) in [6.07, 6.45) is -0.970. The minimum Gasteiger partial charge on any atom is -0.486 e. The second kappa shape index (κ2) is 7.32. The number of nitrogens with zero attached hydrogens (tertiary/aromatic N) is 1. The molecule has 8 heteroatoms. The molecule has 144 valence electrons. The van der Waals surface area contributed by atoms with Crippen molar-refractivity contribution in [1.29, 1.82) is 0 Å². The van der Waals surface area contributed by atoms with Gasteiger partial charge in [-0.1, -0.05) is 18.2 Å². The number of carbonyl (C=O) groups excluding carboxylic acids is 3. The molecule has 0 bridgehead atoms. The fourth-order valence-electron chi connectivity index (χ4n) is 3.18. The molecule has 0 aromatic heterocycles. The van der Waals surface area contributed by atoms with Crippen LogP contribution in [-0.4, -0.2) is 54.0 Å². The molecule has 0 saturated carbocycles. The summed E-state index contributed by atoms with van der Waals surface area (Å²) >= 11 is 0. The summed E-state index contributed by atoms with van der Waals surface area (Å²) in [6.45, 7) is 0.439. The Kier molecular flexibility index (Phi) is 4.70. The van der Waals surface area contributed by atoms with Crippen molar-refractivity contribution in [1.82, 2.24) is 10.2 Å². The number of hydrogen-bond acceptors (Lipinski definition) is 6. The highest BCUT2D eigenvalue weighted by Gasteiger charge is 2.36. The number of rotatable bonds is 5. The van der Waals surface area contributed by atoms with E-state index in [2.05, 4.69) is 5.32 Å². The lowest BCUT2D eigenvalue weighted by molar-refractivity contribution is -0.121. The average Bonchev–Trinajstić information content (AvgIpc) is 2.97. The molecule has 0 fully saturated rings. The Morgan fingerprint density at radius 3 is 2.36 bits per heavy atom. The van der Waals surface area contributed by atoms with Crippen LogP contribution < -0.4 is 14.8 Å². The lowest BCUT2D eigenvalue weighted by atomic mass is 10.1. The summed E-state index contributed by atoms with van der Waals surface area (Å²) in [5.74, 6) is -0.380. The number of aliphatic hydroxyl groups is 1. The zero-order valence-electron chi connectivity index (χ0n) is 14.9. The zero-order valence-corrected chi connectivity index (χ0v) is 14.9. The number of fused-ring (bicyclic) bond motifs is 2. The molecule has 0 aliphatic carbocycles. The normalized spacial score (nSPS) is 16.0. The molecule has 8 nitrogen and oxygen atoms in total. The van der Waals surface area contributed by atoms with E-state index in [1.807, 2.05) is 0 Å². The largest absolute Gasteiger partial charge is 0.486 e. The molecule has 2 aliphatic heterocycles. The second-order valence-corrected chi connectivity index (χ2v) is 6.47. The molecule has 2 aliphatic rings. The van der Waals surface area contributed by atoms with Gasteiger partial charge in [0.05, 0.1) is 17.2 Å². The maximum absolute atomic E-state index is 12.3. The zero-order chi connectivity index (χ0) is 19.7. The number of nitrogens with one attached hydrogen (secondary N) is 1. The Bertz CT molecular complexity index is 922. The molecule has 4 rings (SSSR count). The highest BCUT2D eigenvalue weighted by molar-refractivity contribution is 6.22. The lowest BCUT2D eigenvalue weighted by Gasteiger charge is -2.20. The van der Waals surface area contributed by atoms with E-state index in [0.717, 1.165) is 4.90 Å². The lowest BCUT2D eigenvalue weighted by Crippen LogP contribution is -2.41. The number of hydrogen-bond donors (Lipinski definition) is 2. The molecule has 2 aromatic carbocycles. The SMILES string of the molecule is O=C(CN1C(=O)c2ccccc2C1=O)NCC(O)c1ccc2c(c1)OCCO2. The van der Waals surface area contributed by atoms with Crippen molar-refractivity contribution in [2.45, 2.75) is 6.10 Å². The topological polar surface area (TPSA) is 105 Å². The molecule has 0 radical (unpaired) electrons. The standard InChI is InChI=1S/C20H18N2O6/c23-15(12-5-6-16-17(9-12)28-8-7-27-16)10-21-18(24)11-22-19(25)13-3-1-2-4-14(13)20(22)26/h1-6,9,15,23H,7-8,10-11H2,(H,21,24). The molecule has 1 atom stereocenters. The van der Waals surface area contributed by atoms with Gasteiger partial charge in [0.15, 0.2) is 11.5 Å². The van der Waals surface area contributed by atoms with Crippen molar-refractivity contribution < 1.29 is 29.0 Å². The first kappa shape index (κ1) is 18.0. The molecular weight excluding hydrogens is 364 g/mol. The summed E-state index contributed by atoms with van der Waals surface area (Å²) in [5, 5.41) is 12.9. The van der Waals surface area contributed by atoms with Gasteiger partial charge in [0, 0.05) is 6.54 Å². The average molecular weight is 382 g/mol. The van der Waals surface area contributed by atoms with Crippen molar-refractivity contribution in [2.75, 3.05) is 26.3 Å². The summed E-state index contributed by atoms with van der Waals surface area (Å²) < 4.78 is 10.9. The Labute approximate surface area is 160 Å². The Hall–Kier alpha value is -3.39. The van der Waals surface area contributed by atoms with E-state index >= 15 is 0 Å². The third-order valence-corrected chi connectivity index (χ3v) is 4.62. The predicted molar refractivity (Wildman–Crippen MR) is 97.2 cm³/mol. The smallest absolute Gasteiger partial charge is 0.262 e. The minimum absolute atomic E-state index is 0.0678. The van der Waals surface area contributed by atoms with Crippen molar-refractivity contribution in [2.24, 2.45) is 0 Å². The monoisotopic (exact) mass is 382 g/mol. The van der Waals surface area contributed by atoms with E-state index in [1.165, 1.54) is 0 Å². The van der Waals surface area contributed by atoms with Crippen molar-refractivity contribution in [3.63, 3.8) is 0 Å². The highest BCUT2D eigenvalue weighted by Crippen LogP contribution is 2.32. The van der Waals surface area contributed by atoms with Crippen LogP contribution in [0.3, 0.4) is 0 Å². The van der Waals surface area contributed by atoms with Gasteiger partial charge >= 0.3 is 0 Å². The fraction of sp³-hybridized carbons (Fsp3) is 0.250. The summed E-state index contributed by atoms with van der Waals surface area (Å²) in [4.78, 5) is 37.7. The second-order valence-electron chi connectivity index (χ2n) is 6.47. The molecule has 0 saturated heterocycles. The Morgan fingerprint density at radius 1 is 1.04 bits per heavy atom. The minimum atomic E-state index is -0.970. The van der Waals surface area contributed by atoms with E-state index in [4.69, 9.17) is 9.47 Å². The van der Waals surface area contributed by atoms with E-state index < -0.39 is 30.4 Å².